The van der Waals surface area contributed by atoms with Crippen molar-refractivity contribution in [2.24, 2.45) is 5.73 Å². The minimum atomic E-state index is -0.705. The zero-order chi connectivity index (χ0) is 20.8. The lowest BCUT2D eigenvalue weighted by atomic mass is 9.82. The molecule has 3 N–H and O–H groups in total. The first-order valence-electron chi connectivity index (χ1n) is 8.99. The Labute approximate surface area is 179 Å². The van der Waals surface area contributed by atoms with E-state index in [0.717, 1.165) is 10.9 Å². The lowest BCUT2D eigenvalue weighted by molar-refractivity contribution is 0.173. The molecule has 0 saturated heterocycles. The Morgan fingerprint density at radius 1 is 1.10 bits per heavy atom. The van der Waals surface area contributed by atoms with E-state index < -0.39 is 5.92 Å². The molecule has 0 spiro atoms. The fourth-order valence-corrected chi connectivity index (χ4v) is 4.39. The fraction of sp³-hybridized carbons (Fsp3) is 0.0909. The number of hydrogen-bond donors (Lipinski definition) is 2. The molecular weight excluding hydrogens is 448 g/mol. The zero-order valence-corrected chi connectivity index (χ0v) is 17.0. The Bertz CT molecular complexity index is 1360. The van der Waals surface area contributed by atoms with Gasteiger partial charge in [-0.2, -0.15) is 10.5 Å². The second-order valence-electron chi connectivity index (χ2n) is 6.76. The van der Waals surface area contributed by atoms with Crippen LogP contribution < -0.4 is 15.2 Å². The number of aromatic amines is 1. The van der Waals surface area contributed by atoms with Crippen molar-refractivity contribution in [3.63, 3.8) is 0 Å². The molecule has 0 bridgehead atoms. The van der Waals surface area contributed by atoms with Gasteiger partial charge in [0.05, 0.1) is 22.0 Å². The van der Waals surface area contributed by atoms with Gasteiger partial charge < -0.3 is 24.9 Å². The minimum absolute atomic E-state index is 0.0319. The van der Waals surface area contributed by atoms with Crippen molar-refractivity contribution in [2.45, 2.75) is 5.92 Å². The molecule has 3 aromatic rings. The van der Waals surface area contributed by atoms with Gasteiger partial charge in [-0.15, -0.1) is 0 Å². The molecule has 7 nitrogen and oxygen atoms in total. The predicted octanol–water partition coefficient (Wildman–Crippen LogP) is 4.40. The van der Waals surface area contributed by atoms with Crippen molar-refractivity contribution in [3.8, 4) is 23.6 Å². The third kappa shape index (κ3) is 2.62. The summed E-state index contributed by atoms with van der Waals surface area (Å²) in [6.45, 7) is 0.107. The molecule has 2 aliphatic heterocycles. The van der Waals surface area contributed by atoms with Gasteiger partial charge in [-0.05, 0) is 39.7 Å². The monoisotopic (exact) mass is 460 g/mol. The number of rotatable bonds is 2. The number of halogens is 1. The lowest BCUT2D eigenvalue weighted by Gasteiger charge is -2.26. The minimum Gasteiger partial charge on any atom is -0.454 e. The Morgan fingerprint density at radius 2 is 1.90 bits per heavy atom. The topological polar surface area (TPSA) is 117 Å². The number of para-hydroxylation sites is 1. The predicted molar refractivity (Wildman–Crippen MR) is 112 cm³/mol. The number of ether oxygens (including phenoxy) is 3. The molecule has 0 aliphatic carbocycles. The highest BCUT2D eigenvalue weighted by molar-refractivity contribution is 9.10. The standard InChI is InChI=1S/C22H13BrN4O3/c23-16-5-11(6-18-21(16)29-10-28-18)19-13(7-24)20(30-22(26)14(19)8-25)15-9-27-17-4-2-1-3-12(15)17/h1-6,9,19,27H,10,26H2. The van der Waals surface area contributed by atoms with Crippen molar-refractivity contribution >= 4 is 32.6 Å². The van der Waals surface area contributed by atoms with Crippen LogP contribution in [0.25, 0.3) is 16.7 Å². The number of nitrogens with zero attached hydrogens (tertiary/aromatic N) is 2. The molecule has 2 aromatic carbocycles. The van der Waals surface area contributed by atoms with Crippen LogP contribution in [0.2, 0.25) is 0 Å². The number of fused-ring (bicyclic) bond motifs is 2. The highest BCUT2D eigenvalue weighted by Gasteiger charge is 2.36. The maximum absolute atomic E-state index is 10.1. The van der Waals surface area contributed by atoms with E-state index in [1.807, 2.05) is 24.3 Å². The van der Waals surface area contributed by atoms with Crippen LogP contribution in [0.5, 0.6) is 11.5 Å². The summed E-state index contributed by atoms with van der Waals surface area (Å²) in [5.41, 5.74) is 8.86. The summed E-state index contributed by atoms with van der Waals surface area (Å²) in [4.78, 5) is 3.18. The van der Waals surface area contributed by atoms with Crippen LogP contribution >= 0.6 is 15.9 Å². The molecule has 2 aliphatic rings. The van der Waals surface area contributed by atoms with Gasteiger partial charge in [-0.3, -0.25) is 0 Å². The first kappa shape index (κ1) is 18.2. The smallest absolute Gasteiger partial charge is 0.231 e. The number of nitrogens with one attached hydrogen (secondary N) is 1. The van der Waals surface area contributed by atoms with Crippen LogP contribution in [0.4, 0.5) is 0 Å². The molecule has 30 heavy (non-hydrogen) atoms. The van der Waals surface area contributed by atoms with Gasteiger partial charge in [0.2, 0.25) is 12.7 Å². The summed E-state index contributed by atoms with van der Waals surface area (Å²) in [5, 5.41) is 20.8. The maximum atomic E-state index is 10.1. The zero-order valence-electron chi connectivity index (χ0n) is 15.4. The number of benzene rings is 2. The number of H-pyrrole nitrogens is 1. The van der Waals surface area contributed by atoms with E-state index in [1.54, 1.807) is 18.3 Å². The van der Waals surface area contributed by atoms with Crippen LogP contribution in [0.15, 0.2) is 64.1 Å². The summed E-state index contributed by atoms with van der Waals surface area (Å²) >= 11 is 3.48. The summed E-state index contributed by atoms with van der Waals surface area (Å²) in [5.74, 6) is 0.706. The molecule has 0 saturated carbocycles. The third-order valence-corrected chi connectivity index (χ3v) is 5.75. The summed E-state index contributed by atoms with van der Waals surface area (Å²) in [7, 11) is 0. The van der Waals surface area contributed by atoms with E-state index in [1.165, 1.54) is 0 Å². The van der Waals surface area contributed by atoms with Gasteiger partial charge in [0.25, 0.3) is 0 Å². The SMILES string of the molecule is N#CC1=C(N)OC(c2c[nH]c3ccccc23)=C(C#N)C1c1cc(Br)c2c(c1)OCO2. The third-order valence-electron chi connectivity index (χ3n) is 5.16. The number of hydrogen-bond acceptors (Lipinski definition) is 6. The Morgan fingerprint density at radius 3 is 2.70 bits per heavy atom. The molecule has 1 atom stereocenters. The van der Waals surface area contributed by atoms with Crippen molar-refractivity contribution in [1.29, 1.82) is 10.5 Å². The molecular formula is C22H13BrN4O3. The largest absolute Gasteiger partial charge is 0.454 e. The molecule has 3 heterocycles. The van der Waals surface area contributed by atoms with E-state index in [4.69, 9.17) is 19.9 Å². The quantitative estimate of drug-likeness (QED) is 0.584. The normalized spacial score (nSPS) is 17.6. The lowest BCUT2D eigenvalue weighted by Crippen LogP contribution is -2.20. The molecule has 0 amide bonds. The number of allylic oxidation sites excluding steroid dienone is 2. The number of nitrogens with two attached hydrogens (primary N) is 1. The molecule has 0 radical (unpaired) electrons. The molecule has 8 heteroatoms. The van der Waals surface area contributed by atoms with Gasteiger partial charge in [0, 0.05) is 22.7 Å². The Balaban J connectivity index is 1.75. The van der Waals surface area contributed by atoms with Crippen molar-refractivity contribution in [2.75, 3.05) is 6.79 Å². The summed E-state index contributed by atoms with van der Waals surface area (Å²) < 4.78 is 17.5. The van der Waals surface area contributed by atoms with Gasteiger partial charge >= 0.3 is 0 Å². The molecule has 1 unspecified atom stereocenters. The first-order chi connectivity index (χ1) is 14.6. The second kappa shape index (κ2) is 6.87. The maximum Gasteiger partial charge on any atom is 0.231 e. The average Bonchev–Trinajstić information content (AvgIpc) is 3.40. The van der Waals surface area contributed by atoms with Gasteiger partial charge in [0.1, 0.15) is 11.6 Å². The van der Waals surface area contributed by atoms with Crippen molar-refractivity contribution in [1.82, 2.24) is 4.98 Å². The number of aromatic nitrogens is 1. The molecule has 1 aromatic heterocycles. The highest BCUT2D eigenvalue weighted by Crippen LogP contribution is 2.47. The van der Waals surface area contributed by atoms with E-state index in [-0.39, 0.29) is 23.8 Å². The molecule has 146 valence electrons. The second-order valence-corrected chi connectivity index (χ2v) is 7.62. The van der Waals surface area contributed by atoms with Crippen LogP contribution in [0.3, 0.4) is 0 Å². The van der Waals surface area contributed by atoms with Crippen LogP contribution in [-0.4, -0.2) is 11.8 Å². The number of nitriles is 2. The van der Waals surface area contributed by atoms with Crippen molar-refractivity contribution in [3.05, 3.63) is 75.2 Å². The van der Waals surface area contributed by atoms with Crippen molar-refractivity contribution < 1.29 is 14.2 Å². The average molecular weight is 461 g/mol. The highest BCUT2D eigenvalue weighted by atomic mass is 79.9. The van der Waals surface area contributed by atoms with Gasteiger partial charge in [-0.1, -0.05) is 18.2 Å². The Kier molecular flexibility index (Phi) is 4.16. The van der Waals surface area contributed by atoms with Crippen LogP contribution in [0.1, 0.15) is 17.0 Å². The van der Waals surface area contributed by atoms with Crippen LogP contribution in [0, 0.1) is 22.7 Å². The van der Waals surface area contributed by atoms with Gasteiger partial charge in [-0.25, -0.2) is 0 Å². The van der Waals surface area contributed by atoms with Crippen LogP contribution in [-0.2, 0) is 4.74 Å². The summed E-state index contributed by atoms with van der Waals surface area (Å²) in [6, 6.07) is 15.6. The fourth-order valence-electron chi connectivity index (χ4n) is 3.82. The van der Waals surface area contributed by atoms with E-state index in [0.29, 0.717) is 32.9 Å². The van der Waals surface area contributed by atoms with E-state index >= 15 is 0 Å². The molecule has 5 rings (SSSR count). The van der Waals surface area contributed by atoms with E-state index in [9.17, 15) is 10.5 Å². The van der Waals surface area contributed by atoms with E-state index in [2.05, 4.69) is 33.1 Å². The van der Waals surface area contributed by atoms with Gasteiger partial charge in [0.15, 0.2) is 17.3 Å². The first-order valence-corrected chi connectivity index (χ1v) is 9.79. The molecule has 0 fully saturated rings. The summed E-state index contributed by atoms with van der Waals surface area (Å²) in [6.07, 6.45) is 1.77. The Hall–Kier alpha value is -3.88.